The molecule has 0 aliphatic carbocycles. The average molecular weight is 429 g/mol. The van der Waals surface area contributed by atoms with Crippen molar-refractivity contribution in [3.63, 3.8) is 0 Å². The van der Waals surface area contributed by atoms with E-state index in [9.17, 15) is 27.9 Å². The molecule has 1 fully saturated rings. The molecule has 8 heteroatoms. The summed E-state index contributed by atoms with van der Waals surface area (Å²) in [4.78, 5) is 24.5. The number of nitrogens with zero attached hydrogens (tertiary/aromatic N) is 1. The van der Waals surface area contributed by atoms with Gasteiger partial charge in [-0.25, -0.2) is 0 Å². The van der Waals surface area contributed by atoms with Gasteiger partial charge in [0, 0.05) is 25.4 Å². The van der Waals surface area contributed by atoms with E-state index in [2.05, 4.69) is 0 Å². The largest absolute Gasteiger partial charge is 0.481 e. The minimum atomic E-state index is -4.44. The van der Waals surface area contributed by atoms with E-state index in [0.29, 0.717) is 38.6 Å². The van der Waals surface area contributed by atoms with Crippen LogP contribution < -0.4 is 0 Å². The van der Waals surface area contributed by atoms with Crippen LogP contribution in [0.5, 0.6) is 0 Å². The third-order valence-electron chi connectivity index (χ3n) is 5.61. The summed E-state index contributed by atoms with van der Waals surface area (Å²) in [5, 5.41) is 18.9. The molecule has 5 nitrogen and oxygen atoms in total. The van der Waals surface area contributed by atoms with E-state index in [4.69, 9.17) is 5.11 Å². The van der Waals surface area contributed by atoms with Crippen LogP contribution in [0.4, 0.5) is 13.2 Å². The van der Waals surface area contributed by atoms with Gasteiger partial charge < -0.3 is 15.1 Å². The Morgan fingerprint density at radius 1 is 1.17 bits per heavy atom. The van der Waals surface area contributed by atoms with Crippen LogP contribution >= 0.6 is 0 Å². The summed E-state index contributed by atoms with van der Waals surface area (Å²) in [6, 6.07) is 4.87. The van der Waals surface area contributed by atoms with Gasteiger partial charge >= 0.3 is 12.1 Å². The van der Waals surface area contributed by atoms with Crippen LogP contribution in [0.3, 0.4) is 0 Å². The fraction of sp³-hybridized carbons (Fsp3) is 0.636. The van der Waals surface area contributed by atoms with Gasteiger partial charge in [0.25, 0.3) is 0 Å². The SMILES string of the molecule is O=C(O)CCCCCCN1C(=O)CC[C@@H]1CCCC(O)c1cccc(C(F)(F)F)c1. The van der Waals surface area contributed by atoms with Crippen molar-refractivity contribution >= 4 is 11.9 Å². The number of amides is 1. The van der Waals surface area contributed by atoms with Gasteiger partial charge in [0.15, 0.2) is 0 Å². The molecule has 1 unspecified atom stereocenters. The lowest BCUT2D eigenvalue weighted by Crippen LogP contribution is -2.33. The zero-order chi connectivity index (χ0) is 22.1. The Morgan fingerprint density at radius 2 is 1.90 bits per heavy atom. The summed E-state index contributed by atoms with van der Waals surface area (Å²) < 4.78 is 38.5. The van der Waals surface area contributed by atoms with Gasteiger partial charge in [-0.3, -0.25) is 9.59 Å². The summed E-state index contributed by atoms with van der Waals surface area (Å²) >= 11 is 0. The molecule has 1 saturated heterocycles. The molecule has 2 atom stereocenters. The second kappa shape index (κ2) is 11.3. The number of carbonyl (C=O) groups is 2. The summed E-state index contributed by atoms with van der Waals surface area (Å²) in [6.07, 6.45) is 0.854. The number of benzene rings is 1. The maximum absolute atomic E-state index is 12.8. The van der Waals surface area contributed by atoms with Crippen molar-refractivity contribution in [3.8, 4) is 0 Å². The number of carboxylic acid groups (broad SMARTS) is 1. The van der Waals surface area contributed by atoms with Crippen LogP contribution in [0.15, 0.2) is 24.3 Å². The molecule has 0 aromatic heterocycles. The Morgan fingerprint density at radius 3 is 2.60 bits per heavy atom. The van der Waals surface area contributed by atoms with E-state index in [0.717, 1.165) is 37.8 Å². The van der Waals surface area contributed by atoms with Crippen LogP contribution in [0.25, 0.3) is 0 Å². The average Bonchev–Trinajstić information content (AvgIpc) is 3.03. The number of alkyl halides is 3. The molecule has 0 radical (unpaired) electrons. The number of carboxylic acids is 1. The minimum Gasteiger partial charge on any atom is -0.481 e. The van der Waals surface area contributed by atoms with Crippen LogP contribution in [0.1, 0.15) is 81.4 Å². The molecule has 0 bridgehead atoms. The Balaban J connectivity index is 1.75. The minimum absolute atomic E-state index is 0.102. The quantitative estimate of drug-likeness (QED) is 0.462. The molecule has 1 aliphatic rings. The van der Waals surface area contributed by atoms with Gasteiger partial charge in [0.1, 0.15) is 0 Å². The standard InChI is InChI=1S/C22H30F3NO4/c23-22(24,25)17-8-5-7-16(15-17)19(27)10-6-9-18-12-13-20(28)26(18)14-4-2-1-3-11-21(29)30/h5,7-8,15,18-19,27H,1-4,6,9-14H2,(H,29,30)/t18-,19?/m0/s1. The number of likely N-dealkylation sites (tertiary alicyclic amines) is 1. The molecular weight excluding hydrogens is 399 g/mol. The third kappa shape index (κ3) is 7.63. The molecule has 1 aromatic rings. The number of halogens is 3. The third-order valence-corrected chi connectivity index (χ3v) is 5.61. The summed E-state index contributed by atoms with van der Waals surface area (Å²) in [6.45, 7) is 0.646. The van der Waals surface area contributed by atoms with Crippen LogP contribution in [-0.4, -0.2) is 39.6 Å². The van der Waals surface area contributed by atoms with Crippen molar-refractivity contribution in [2.24, 2.45) is 0 Å². The lowest BCUT2D eigenvalue weighted by Gasteiger charge is -2.25. The first kappa shape index (κ1) is 24.2. The van der Waals surface area contributed by atoms with Crippen molar-refractivity contribution in [1.82, 2.24) is 4.90 Å². The van der Waals surface area contributed by atoms with Gasteiger partial charge in [-0.05, 0) is 56.2 Å². The smallest absolute Gasteiger partial charge is 0.416 e. The van der Waals surface area contributed by atoms with E-state index >= 15 is 0 Å². The number of rotatable bonds is 12. The van der Waals surface area contributed by atoms with Crippen molar-refractivity contribution in [3.05, 3.63) is 35.4 Å². The van der Waals surface area contributed by atoms with Crippen molar-refractivity contribution < 1.29 is 33.0 Å². The van der Waals surface area contributed by atoms with Gasteiger partial charge in [-0.15, -0.1) is 0 Å². The second-order valence-corrected chi connectivity index (χ2v) is 7.91. The number of carbonyl (C=O) groups excluding carboxylic acids is 1. The van der Waals surface area contributed by atoms with E-state index in [1.807, 2.05) is 4.90 Å². The number of unbranched alkanes of at least 4 members (excludes halogenated alkanes) is 3. The number of aliphatic carboxylic acids is 1. The molecule has 1 heterocycles. The van der Waals surface area contributed by atoms with Crippen LogP contribution in [0, 0.1) is 0 Å². The van der Waals surface area contributed by atoms with E-state index < -0.39 is 23.8 Å². The van der Waals surface area contributed by atoms with Gasteiger partial charge in [-0.1, -0.05) is 25.0 Å². The highest BCUT2D eigenvalue weighted by Gasteiger charge is 2.31. The second-order valence-electron chi connectivity index (χ2n) is 7.91. The highest BCUT2D eigenvalue weighted by molar-refractivity contribution is 5.78. The first-order valence-electron chi connectivity index (χ1n) is 10.5. The van der Waals surface area contributed by atoms with E-state index in [-0.39, 0.29) is 23.9 Å². The maximum atomic E-state index is 12.8. The molecular formula is C22H30F3NO4. The van der Waals surface area contributed by atoms with Crippen molar-refractivity contribution in [2.75, 3.05) is 6.54 Å². The highest BCUT2D eigenvalue weighted by Crippen LogP contribution is 2.32. The Kier molecular flexibility index (Phi) is 9.14. The zero-order valence-electron chi connectivity index (χ0n) is 17.0. The molecule has 2 N–H and O–H groups in total. The van der Waals surface area contributed by atoms with Gasteiger partial charge in [0.05, 0.1) is 11.7 Å². The molecule has 168 valence electrons. The number of aliphatic hydroxyl groups is 1. The highest BCUT2D eigenvalue weighted by atomic mass is 19.4. The Hall–Kier alpha value is -2.09. The van der Waals surface area contributed by atoms with Crippen molar-refractivity contribution in [1.29, 1.82) is 0 Å². The summed E-state index contributed by atoms with van der Waals surface area (Å²) in [5.74, 6) is -0.680. The lowest BCUT2D eigenvalue weighted by molar-refractivity contribution is -0.138. The summed E-state index contributed by atoms with van der Waals surface area (Å²) in [5.41, 5.74) is -0.513. The molecule has 1 amide bonds. The van der Waals surface area contributed by atoms with Crippen molar-refractivity contribution in [2.45, 2.75) is 82.5 Å². The topological polar surface area (TPSA) is 77.8 Å². The normalized spacial score (nSPS) is 18.1. The first-order chi connectivity index (χ1) is 14.2. The fourth-order valence-corrected chi connectivity index (χ4v) is 3.95. The zero-order valence-corrected chi connectivity index (χ0v) is 17.0. The molecule has 1 aliphatic heterocycles. The predicted molar refractivity (Wildman–Crippen MR) is 106 cm³/mol. The van der Waals surface area contributed by atoms with E-state index in [1.165, 1.54) is 12.1 Å². The van der Waals surface area contributed by atoms with Gasteiger partial charge in [0.2, 0.25) is 5.91 Å². The maximum Gasteiger partial charge on any atom is 0.416 e. The number of aliphatic hydroxyl groups excluding tert-OH is 1. The van der Waals surface area contributed by atoms with Crippen LogP contribution in [-0.2, 0) is 15.8 Å². The Labute approximate surface area is 174 Å². The lowest BCUT2D eigenvalue weighted by atomic mass is 9.99. The predicted octanol–water partition coefficient (Wildman–Crippen LogP) is 4.94. The van der Waals surface area contributed by atoms with Gasteiger partial charge in [-0.2, -0.15) is 13.2 Å². The molecule has 30 heavy (non-hydrogen) atoms. The molecule has 0 spiro atoms. The first-order valence-corrected chi connectivity index (χ1v) is 10.5. The number of hydrogen-bond acceptors (Lipinski definition) is 3. The monoisotopic (exact) mass is 429 g/mol. The van der Waals surface area contributed by atoms with E-state index in [1.54, 1.807) is 0 Å². The number of hydrogen-bond donors (Lipinski definition) is 2. The summed E-state index contributed by atoms with van der Waals surface area (Å²) in [7, 11) is 0. The van der Waals surface area contributed by atoms with Crippen LogP contribution in [0.2, 0.25) is 0 Å². The molecule has 0 saturated carbocycles. The molecule has 2 rings (SSSR count). The molecule has 1 aromatic carbocycles. The Bertz CT molecular complexity index is 708. The fourth-order valence-electron chi connectivity index (χ4n) is 3.95.